The van der Waals surface area contributed by atoms with Crippen molar-refractivity contribution < 1.29 is 27.1 Å². The lowest BCUT2D eigenvalue weighted by Crippen LogP contribution is -2.45. The van der Waals surface area contributed by atoms with Crippen molar-refractivity contribution in [3.63, 3.8) is 0 Å². The number of nitrogens with one attached hydrogen (secondary N) is 2. The van der Waals surface area contributed by atoms with Gasteiger partial charge in [0.2, 0.25) is 0 Å². The number of hydrazine groups is 1. The van der Waals surface area contributed by atoms with Gasteiger partial charge in [0.15, 0.2) is 0 Å². The average molecular weight is 531 g/mol. The Morgan fingerprint density at radius 1 is 0.974 bits per heavy atom. The van der Waals surface area contributed by atoms with Crippen LogP contribution in [0.5, 0.6) is 0 Å². The topological polar surface area (TPSA) is 78.2 Å². The summed E-state index contributed by atoms with van der Waals surface area (Å²) in [7, 11) is 0. The molecule has 1 unspecified atom stereocenters. The Kier molecular flexibility index (Phi) is 6.76. The Morgan fingerprint density at radius 3 is 2.45 bits per heavy atom. The molecule has 0 amide bonds. The fraction of sp³-hybridized carbons (Fsp3) is 0.231. The molecule has 0 spiro atoms. The SMILES string of the molecule is OC(CN1Cc2cc(NCc3ccc(C(F)(F)F)cc3)ccc2N1)(Cn1cncn1)c1ccc(F)cc1F. The van der Waals surface area contributed by atoms with Crippen LogP contribution in [0.4, 0.5) is 33.3 Å². The van der Waals surface area contributed by atoms with Crippen LogP contribution < -0.4 is 10.7 Å². The number of β-amino-alcohol motifs (C(OH)–C–C–N with tert-alkyl or cyclic N) is 1. The van der Waals surface area contributed by atoms with Crippen LogP contribution in [-0.4, -0.2) is 31.4 Å². The molecule has 12 heteroatoms. The van der Waals surface area contributed by atoms with Crippen molar-refractivity contribution in [2.24, 2.45) is 0 Å². The predicted octanol–water partition coefficient (Wildman–Crippen LogP) is 4.92. The molecule has 1 aliphatic rings. The maximum atomic E-state index is 14.7. The Labute approximate surface area is 214 Å². The molecule has 198 valence electrons. The molecule has 3 aromatic carbocycles. The monoisotopic (exact) mass is 530 g/mol. The van der Waals surface area contributed by atoms with Crippen LogP contribution >= 0.6 is 0 Å². The second-order valence-electron chi connectivity index (χ2n) is 9.14. The Balaban J connectivity index is 1.28. The van der Waals surface area contributed by atoms with E-state index in [1.807, 2.05) is 18.2 Å². The molecule has 3 N–H and O–H groups in total. The Bertz CT molecular complexity index is 1410. The van der Waals surface area contributed by atoms with Gasteiger partial charge in [-0.15, -0.1) is 0 Å². The number of rotatable bonds is 8. The maximum absolute atomic E-state index is 14.7. The molecule has 7 nitrogen and oxygen atoms in total. The van der Waals surface area contributed by atoms with Gasteiger partial charge in [0.05, 0.1) is 24.3 Å². The number of nitrogens with zero attached hydrogens (tertiary/aromatic N) is 4. The normalized spacial score (nSPS) is 15.1. The zero-order valence-electron chi connectivity index (χ0n) is 19.9. The molecule has 1 aromatic heterocycles. The summed E-state index contributed by atoms with van der Waals surface area (Å²) in [5.41, 5.74) is 3.77. The smallest absolute Gasteiger partial charge is 0.382 e. The summed E-state index contributed by atoms with van der Waals surface area (Å²) < 4.78 is 68.0. The van der Waals surface area contributed by atoms with Gasteiger partial charge in [-0.3, -0.25) is 0 Å². The average Bonchev–Trinajstić information content (AvgIpc) is 3.51. The van der Waals surface area contributed by atoms with Crippen LogP contribution in [-0.2, 0) is 31.4 Å². The van der Waals surface area contributed by atoms with Gasteiger partial charge in [-0.25, -0.2) is 23.5 Å². The highest BCUT2D eigenvalue weighted by Gasteiger charge is 2.37. The second-order valence-corrected chi connectivity index (χ2v) is 9.14. The molecule has 0 aliphatic carbocycles. The quantitative estimate of drug-likeness (QED) is 0.281. The summed E-state index contributed by atoms with van der Waals surface area (Å²) in [6.07, 6.45) is -1.69. The summed E-state index contributed by atoms with van der Waals surface area (Å²) in [6.45, 7) is 0.519. The van der Waals surface area contributed by atoms with E-state index in [0.717, 1.165) is 41.2 Å². The van der Waals surface area contributed by atoms with Crippen molar-refractivity contribution in [2.75, 3.05) is 17.3 Å². The molecule has 5 rings (SSSR count). The fourth-order valence-corrected chi connectivity index (χ4v) is 4.46. The first kappa shape index (κ1) is 25.6. The van der Waals surface area contributed by atoms with Gasteiger partial charge >= 0.3 is 6.18 Å². The molecule has 4 aromatic rings. The van der Waals surface area contributed by atoms with Gasteiger partial charge in [-0.1, -0.05) is 18.2 Å². The van der Waals surface area contributed by atoms with E-state index in [0.29, 0.717) is 18.7 Å². The van der Waals surface area contributed by atoms with Crippen LogP contribution in [0.1, 0.15) is 22.3 Å². The van der Waals surface area contributed by atoms with E-state index < -0.39 is 29.0 Å². The highest BCUT2D eigenvalue weighted by Crippen LogP contribution is 2.33. The zero-order valence-corrected chi connectivity index (χ0v) is 19.9. The number of benzene rings is 3. The molecule has 1 aliphatic heterocycles. The lowest BCUT2D eigenvalue weighted by molar-refractivity contribution is -0.137. The standard InChI is InChI=1S/C26H23F5N6O/c27-20-5-7-22(23(28)10-20)25(38,14-37-16-32-15-34-37)13-36-12-18-9-21(6-8-24(18)35-36)33-11-17-1-3-19(4-2-17)26(29,30)31/h1-10,15-16,33,35,38H,11-14H2. The van der Waals surface area contributed by atoms with E-state index in [4.69, 9.17) is 0 Å². The van der Waals surface area contributed by atoms with Crippen molar-refractivity contribution in [3.8, 4) is 0 Å². The zero-order chi connectivity index (χ0) is 26.9. The molecule has 38 heavy (non-hydrogen) atoms. The van der Waals surface area contributed by atoms with Gasteiger partial charge in [-0.2, -0.15) is 18.3 Å². The van der Waals surface area contributed by atoms with Crippen LogP contribution in [0.15, 0.2) is 73.3 Å². The van der Waals surface area contributed by atoms with Crippen molar-refractivity contribution in [3.05, 3.63) is 107 Å². The number of aliphatic hydroxyl groups is 1. The van der Waals surface area contributed by atoms with Gasteiger partial charge in [-0.05, 0) is 47.5 Å². The van der Waals surface area contributed by atoms with Gasteiger partial charge in [0.1, 0.15) is 29.9 Å². The van der Waals surface area contributed by atoms with E-state index >= 15 is 0 Å². The number of aromatic nitrogens is 3. The van der Waals surface area contributed by atoms with E-state index in [1.165, 1.54) is 35.5 Å². The third-order valence-electron chi connectivity index (χ3n) is 6.30. The largest absolute Gasteiger partial charge is 0.416 e. The predicted molar refractivity (Wildman–Crippen MR) is 130 cm³/mol. The third kappa shape index (κ3) is 5.60. The van der Waals surface area contributed by atoms with Gasteiger partial charge < -0.3 is 15.8 Å². The van der Waals surface area contributed by atoms with E-state index in [1.54, 1.807) is 5.01 Å². The third-order valence-corrected chi connectivity index (χ3v) is 6.30. The number of halogens is 5. The van der Waals surface area contributed by atoms with E-state index in [-0.39, 0.29) is 18.7 Å². The molecule has 0 saturated heterocycles. The number of fused-ring (bicyclic) bond motifs is 1. The Morgan fingerprint density at radius 2 is 1.76 bits per heavy atom. The first-order chi connectivity index (χ1) is 18.1. The molecule has 0 bridgehead atoms. The fourth-order valence-electron chi connectivity index (χ4n) is 4.46. The summed E-state index contributed by atoms with van der Waals surface area (Å²) in [5, 5.41) is 20.5. The highest BCUT2D eigenvalue weighted by molar-refractivity contribution is 5.61. The van der Waals surface area contributed by atoms with Crippen molar-refractivity contribution in [2.45, 2.75) is 31.4 Å². The van der Waals surface area contributed by atoms with Crippen LogP contribution in [0.25, 0.3) is 0 Å². The molecular weight excluding hydrogens is 507 g/mol. The molecule has 1 atom stereocenters. The number of hydrogen-bond donors (Lipinski definition) is 3. The number of anilines is 2. The van der Waals surface area contributed by atoms with Crippen molar-refractivity contribution >= 4 is 11.4 Å². The summed E-state index contributed by atoms with van der Waals surface area (Å²) in [5.74, 6) is -1.63. The van der Waals surface area contributed by atoms with Gasteiger partial charge in [0, 0.05) is 30.4 Å². The van der Waals surface area contributed by atoms with Crippen LogP contribution in [0.3, 0.4) is 0 Å². The number of alkyl halides is 3. The lowest BCUT2D eigenvalue weighted by Gasteiger charge is -2.33. The minimum atomic E-state index is -4.38. The Hall–Kier alpha value is -4.03. The molecule has 0 saturated carbocycles. The van der Waals surface area contributed by atoms with Gasteiger partial charge in [0.25, 0.3) is 0 Å². The van der Waals surface area contributed by atoms with Crippen molar-refractivity contribution in [1.29, 1.82) is 0 Å². The molecule has 0 fully saturated rings. The second kappa shape index (κ2) is 10.0. The molecule has 2 heterocycles. The summed E-state index contributed by atoms with van der Waals surface area (Å²) in [4.78, 5) is 3.87. The summed E-state index contributed by atoms with van der Waals surface area (Å²) in [6, 6.07) is 13.5. The molecule has 0 radical (unpaired) electrons. The lowest BCUT2D eigenvalue weighted by atomic mass is 9.92. The highest BCUT2D eigenvalue weighted by atomic mass is 19.4. The van der Waals surface area contributed by atoms with Crippen molar-refractivity contribution in [1.82, 2.24) is 19.8 Å². The minimum Gasteiger partial charge on any atom is -0.382 e. The van der Waals surface area contributed by atoms with E-state index in [2.05, 4.69) is 20.8 Å². The maximum Gasteiger partial charge on any atom is 0.416 e. The summed E-state index contributed by atoms with van der Waals surface area (Å²) >= 11 is 0. The molecular formula is C26H23F5N6O. The minimum absolute atomic E-state index is 0.0571. The van der Waals surface area contributed by atoms with Crippen LogP contribution in [0, 0.1) is 11.6 Å². The first-order valence-corrected chi connectivity index (χ1v) is 11.6. The van der Waals surface area contributed by atoms with Crippen LogP contribution in [0.2, 0.25) is 0 Å². The van der Waals surface area contributed by atoms with E-state index in [9.17, 15) is 27.1 Å². The first-order valence-electron chi connectivity index (χ1n) is 11.6. The number of hydrogen-bond acceptors (Lipinski definition) is 6.